The summed E-state index contributed by atoms with van der Waals surface area (Å²) in [5, 5.41) is 3.62. The Bertz CT molecular complexity index is 438. The first-order valence-electron chi connectivity index (χ1n) is 5.40. The number of benzene rings is 1. The first-order valence-corrected chi connectivity index (χ1v) is 6.69. The Balaban J connectivity index is 2.17. The molecular formula is C12H12Cl3NO. The molecule has 0 spiro atoms. The normalized spacial score (nSPS) is 17.4. The second-order valence-electron chi connectivity index (χ2n) is 4.32. The van der Waals surface area contributed by atoms with Gasteiger partial charge < -0.3 is 5.32 Å². The molecule has 1 amide bonds. The van der Waals surface area contributed by atoms with Crippen molar-refractivity contribution in [3.8, 4) is 0 Å². The molecule has 0 bridgehead atoms. The van der Waals surface area contributed by atoms with Crippen LogP contribution in [0.15, 0.2) is 18.2 Å². The molecule has 0 radical (unpaired) electrons. The molecule has 2 nitrogen and oxygen atoms in total. The average molecular weight is 293 g/mol. The molecule has 0 atom stereocenters. The Hall–Kier alpha value is -0.440. The molecule has 1 fully saturated rings. The monoisotopic (exact) mass is 291 g/mol. The maximum atomic E-state index is 12.1. The average Bonchev–Trinajstić information content (AvgIpc) is 2.27. The van der Waals surface area contributed by atoms with Crippen LogP contribution in [0.25, 0.3) is 0 Å². The van der Waals surface area contributed by atoms with Gasteiger partial charge in [-0.1, -0.05) is 29.3 Å². The third-order valence-corrected chi connectivity index (χ3v) is 4.47. The molecule has 1 saturated carbocycles. The molecule has 1 aliphatic carbocycles. The molecule has 0 heterocycles. The Morgan fingerprint density at radius 2 is 2.06 bits per heavy atom. The predicted octanol–water partition coefficient (Wildman–Crippen LogP) is 3.88. The molecular weight excluding hydrogens is 280 g/mol. The number of hydrogen-bond donors (Lipinski definition) is 1. The molecule has 1 aromatic carbocycles. The van der Waals surface area contributed by atoms with Crippen LogP contribution < -0.4 is 5.32 Å². The number of hydrogen-bond acceptors (Lipinski definition) is 1. The van der Waals surface area contributed by atoms with Crippen molar-refractivity contribution in [2.24, 2.45) is 0 Å². The van der Waals surface area contributed by atoms with Gasteiger partial charge in [-0.25, -0.2) is 0 Å². The second-order valence-corrected chi connectivity index (χ2v) is 5.38. The SMILES string of the molecule is O=C(NC1(CCl)CCC1)c1cccc(Cl)c1Cl. The summed E-state index contributed by atoms with van der Waals surface area (Å²) in [4.78, 5) is 12.1. The minimum absolute atomic E-state index is 0.210. The van der Waals surface area contributed by atoms with Crippen LogP contribution in [0, 0.1) is 0 Å². The predicted molar refractivity (Wildman–Crippen MR) is 71.2 cm³/mol. The standard InChI is InChI=1S/C12H12Cl3NO/c13-7-12(5-2-6-12)16-11(17)8-3-1-4-9(14)10(8)15/h1,3-4H,2,5-7H2,(H,16,17). The van der Waals surface area contributed by atoms with Crippen molar-refractivity contribution in [3.63, 3.8) is 0 Å². The highest BCUT2D eigenvalue weighted by Crippen LogP contribution is 2.34. The number of carbonyl (C=O) groups excluding carboxylic acids is 1. The molecule has 1 N–H and O–H groups in total. The number of rotatable bonds is 3. The van der Waals surface area contributed by atoms with E-state index in [1.807, 2.05) is 0 Å². The Morgan fingerprint density at radius 1 is 1.35 bits per heavy atom. The zero-order chi connectivity index (χ0) is 12.5. The van der Waals surface area contributed by atoms with Gasteiger partial charge >= 0.3 is 0 Å². The first-order chi connectivity index (χ1) is 8.08. The van der Waals surface area contributed by atoms with Crippen molar-refractivity contribution in [2.75, 3.05) is 5.88 Å². The van der Waals surface area contributed by atoms with Gasteiger partial charge in [-0.2, -0.15) is 0 Å². The van der Waals surface area contributed by atoms with Crippen LogP contribution in [0.3, 0.4) is 0 Å². The maximum absolute atomic E-state index is 12.1. The fourth-order valence-electron chi connectivity index (χ4n) is 1.88. The summed E-state index contributed by atoms with van der Waals surface area (Å²) in [5.41, 5.74) is 0.139. The molecule has 0 aliphatic heterocycles. The van der Waals surface area contributed by atoms with Crippen molar-refractivity contribution >= 4 is 40.7 Å². The highest BCUT2D eigenvalue weighted by Gasteiger charge is 2.37. The lowest BCUT2D eigenvalue weighted by atomic mass is 9.78. The van der Waals surface area contributed by atoms with Crippen molar-refractivity contribution < 1.29 is 4.79 Å². The summed E-state index contributed by atoms with van der Waals surface area (Å²) in [6.45, 7) is 0. The summed E-state index contributed by atoms with van der Waals surface area (Å²) < 4.78 is 0. The summed E-state index contributed by atoms with van der Waals surface area (Å²) >= 11 is 17.8. The van der Waals surface area contributed by atoms with E-state index < -0.39 is 0 Å². The minimum Gasteiger partial charge on any atom is -0.345 e. The Morgan fingerprint density at radius 3 is 2.59 bits per heavy atom. The summed E-state index contributed by atoms with van der Waals surface area (Å²) in [6.07, 6.45) is 2.93. The highest BCUT2D eigenvalue weighted by atomic mass is 35.5. The summed E-state index contributed by atoms with van der Waals surface area (Å²) in [7, 11) is 0. The molecule has 2 rings (SSSR count). The zero-order valence-corrected chi connectivity index (χ0v) is 11.4. The lowest BCUT2D eigenvalue weighted by molar-refractivity contribution is 0.0854. The molecule has 1 aliphatic rings. The number of alkyl halides is 1. The van der Waals surface area contributed by atoms with Crippen LogP contribution in [0.1, 0.15) is 29.6 Å². The van der Waals surface area contributed by atoms with E-state index in [0.29, 0.717) is 16.5 Å². The number of amides is 1. The third kappa shape index (κ3) is 2.54. The van der Waals surface area contributed by atoms with Gasteiger partial charge in [0.15, 0.2) is 0 Å². The van der Waals surface area contributed by atoms with Gasteiger partial charge in [-0.3, -0.25) is 4.79 Å². The molecule has 0 unspecified atom stereocenters. The van der Waals surface area contributed by atoms with Crippen molar-refractivity contribution in [1.29, 1.82) is 0 Å². The first kappa shape index (κ1) is 13.0. The van der Waals surface area contributed by atoms with Gasteiger partial charge in [0, 0.05) is 5.88 Å². The molecule has 17 heavy (non-hydrogen) atoms. The van der Waals surface area contributed by atoms with Crippen LogP contribution in [0.4, 0.5) is 0 Å². The maximum Gasteiger partial charge on any atom is 0.253 e. The minimum atomic E-state index is -0.260. The van der Waals surface area contributed by atoms with Gasteiger partial charge in [-0.05, 0) is 31.4 Å². The van der Waals surface area contributed by atoms with Crippen LogP contribution >= 0.6 is 34.8 Å². The van der Waals surface area contributed by atoms with Crippen LogP contribution in [-0.4, -0.2) is 17.3 Å². The fraction of sp³-hybridized carbons (Fsp3) is 0.417. The van der Waals surface area contributed by atoms with Crippen LogP contribution in [0.2, 0.25) is 10.0 Å². The van der Waals surface area contributed by atoms with E-state index in [1.54, 1.807) is 18.2 Å². The molecule has 5 heteroatoms. The Kier molecular flexibility index (Phi) is 3.86. The van der Waals surface area contributed by atoms with Gasteiger partial charge in [0.25, 0.3) is 5.91 Å². The molecule has 0 aromatic heterocycles. The van der Waals surface area contributed by atoms with Gasteiger partial charge in [-0.15, -0.1) is 11.6 Å². The van der Waals surface area contributed by atoms with E-state index in [9.17, 15) is 4.79 Å². The lowest BCUT2D eigenvalue weighted by Crippen LogP contribution is -2.55. The van der Waals surface area contributed by atoms with E-state index in [1.165, 1.54) is 0 Å². The quantitative estimate of drug-likeness (QED) is 0.842. The van der Waals surface area contributed by atoms with E-state index >= 15 is 0 Å². The second kappa shape index (κ2) is 5.05. The van der Waals surface area contributed by atoms with Crippen molar-refractivity contribution in [1.82, 2.24) is 5.32 Å². The Labute approximate surface area is 115 Å². The largest absolute Gasteiger partial charge is 0.345 e. The van der Waals surface area contributed by atoms with E-state index in [0.717, 1.165) is 19.3 Å². The molecule has 1 aromatic rings. The third-order valence-electron chi connectivity index (χ3n) is 3.14. The topological polar surface area (TPSA) is 29.1 Å². The van der Waals surface area contributed by atoms with E-state index in [-0.39, 0.29) is 16.5 Å². The highest BCUT2D eigenvalue weighted by molar-refractivity contribution is 6.43. The van der Waals surface area contributed by atoms with Gasteiger partial charge in [0.1, 0.15) is 0 Å². The van der Waals surface area contributed by atoms with E-state index in [4.69, 9.17) is 34.8 Å². The van der Waals surface area contributed by atoms with Crippen LogP contribution in [-0.2, 0) is 0 Å². The van der Waals surface area contributed by atoms with Gasteiger partial charge in [0.2, 0.25) is 0 Å². The van der Waals surface area contributed by atoms with E-state index in [2.05, 4.69) is 5.32 Å². The zero-order valence-electron chi connectivity index (χ0n) is 9.10. The number of halogens is 3. The smallest absolute Gasteiger partial charge is 0.253 e. The van der Waals surface area contributed by atoms with Crippen molar-refractivity contribution in [2.45, 2.75) is 24.8 Å². The number of carbonyl (C=O) groups is 1. The van der Waals surface area contributed by atoms with Crippen molar-refractivity contribution in [3.05, 3.63) is 33.8 Å². The fourth-order valence-corrected chi connectivity index (χ4v) is 2.60. The van der Waals surface area contributed by atoms with Gasteiger partial charge in [0.05, 0.1) is 21.1 Å². The van der Waals surface area contributed by atoms with Crippen LogP contribution in [0.5, 0.6) is 0 Å². The summed E-state index contributed by atoms with van der Waals surface area (Å²) in [6, 6.07) is 5.02. The molecule has 0 saturated heterocycles. The lowest BCUT2D eigenvalue weighted by Gasteiger charge is -2.41. The molecule has 92 valence electrons. The number of nitrogens with one attached hydrogen (secondary N) is 1. The summed E-state index contributed by atoms with van der Waals surface area (Å²) in [5.74, 6) is 0.217.